The number of hydrogen-bond donors (Lipinski definition) is 0. The minimum absolute atomic E-state index is 0.0799. The molecule has 0 aliphatic carbocycles. The Hall–Kier alpha value is -3.61. The number of amides is 1. The molecule has 178 valence electrons. The molecule has 6 heteroatoms. The molecule has 0 bridgehead atoms. The van der Waals surface area contributed by atoms with Crippen LogP contribution in [-0.2, 0) is 11.2 Å². The van der Waals surface area contributed by atoms with Crippen LogP contribution in [0.3, 0.4) is 0 Å². The van der Waals surface area contributed by atoms with Gasteiger partial charge in [0.25, 0.3) is 0 Å². The highest BCUT2D eigenvalue weighted by Crippen LogP contribution is 2.38. The molecule has 0 spiro atoms. The molecular weight excluding hydrogens is 482 g/mol. The van der Waals surface area contributed by atoms with Gasteiger partial charge in [-0.25, -0.2) is 4.98 Å². The van der Waals surface area contributed by atoms with Crippen LogP contribution < -0.4 is 0 Å². The monoisotopic (exact) mass is 507 g/mol. The van der Waals surface area contributed by atoms with Gasteiger partial charge in [0.05, 0.1) is 27.7 Å². The second kappa shape index (κ2) is 10.2. The molecule has 2 aromatic heterocycles. The van der Waals surface area contributed by atoms with Crippen molar-refractivity contribution in [3.63, 3.8) is 0 Å². The Morgan fingerprint density at radius 2 is 1.50 bits per heavy atom. The van der Waals surface area contributed by atoms with Crippen LogP contribution in [0, 0.1) is 0 Å². The molecule has 0 N–H and O–H groups in total. The number of carbonyl (C=O) groups excluding carboxylic acids is 1. The molecule has 3 aromatic carbocycles. The summed E-state index contributed by atoms with van der Waals surface area (Å²) in [5.41, 5.74) is 7.65. The van der Waals surface area contributed by atoms with Gasteiger partial charge in [0, 0.05) is 18.9 Å². The van der Waals surface area contributed by atoms with Crippen LogP contribution in [0.1, 0.15) is 29.5 Å². The molecule has 0 radical (unpaired) electrons. The Kier molecular flexibility index (Phi) is 6.45. The number of carbonyl (C=O) groups is 1. The lowest BCUT2D eigenvalue weighted by Crippen LogP contribution is -2.31. The quantitative estimate of drug-likeness (QED) is 0.239. The maximum Gasteiger partial charge on any atom is 0.227 e. The highest BCUT2D eigenvalue weighted by Gasteiger charge is 2.32. The highest BCUT2D eigenvalue weighted by atomic mass is 32.1. The molecule has 1 unspecified atom stereocenters. The van der Waals surface area contributed by atoms with E-state index in [1.807, 2.05) is 53.1 Å². The number of benzene rings is 3. The van der Waals surface area contributed by atoms with E-state index in [4.69, 9.17) is 4.98 Å². The van der Waals surface area contributed by atoms with Crippen LogP contribution in [0.2, 0.25) is 0 Å². The summed E-state index contributed by atoms with van der Waals surface area (Å²) in [5, 5.41) is 1.03. The predicted octanol–water partition coefficient (Wildman–Crippen LogP) is 7.51. The summed E-state index contributed by atoms with van der Waals surface area (Å²) in [7, 11) is 0. The van der Waals surface area contributed by atoms with Crippen LogP contribution in [-0.4, -0.2) is 27.3 Å². The van der Waals surface area contributed by atoms with Crippen LogP contribution >= 0.6 is 22.7 Å². The van der Waals surface area contributed by atoms with Crippen molar-refractivity contribution in [1.82, 2.24) is 14.9 Å². The number of rotatable bonds is 6. The second-order valence-electron chi connectivity index (χ2n) is 8.99. The minimum atomic E-state index is 0.0799. The standard InChI is InChI=1S/C30H25N3OS2/c34-29(17-21-5-2-1-3-6-21)33-16-4-7-26(33)30-32-19-28(36-30)25-14-10-23(11-15-25)22-8-12-24(13-9-22)27-18-31-20-35-27/h1-3,5-6,8-15,18-20,26H,4,7,16-17H2. The molecule has 4 nitrogen and oxygen atoms in total. The van der Waals surface area contributed by atoms with E-state index in [9.17, 15) is 4.79 Å². The Morgan fingerprint density at radius 1 is 0.833 bits per heavy atom. The van der Waals surface area contributed by atoms with Crippen molar-refractivity contribution < 1.29 is 4.79 Å². The molecule has 1 aliphatic heterocycles. The van der Waals surface area contributed by atoms with E-state index < -0.39 is 0 Å². The molecule has 1 fully saturated rings. The largest absolute Gasteiger partial charge is 0.333 e. The van der Waals surface area contributed by atoms with Gasteiger partial charge < -0.3 is 4.90 Å². The van der Waals surface area contributed by atoms with Crippen molar-refractivity contribution >= 4 is 28.6 Å². The van der Waals surface area contributed by atoms with Crippen LogP contribution in [0.4, 0.5) is 0 Å². The third-order valence-electron chi connectivity index (χ3n) is 6.68. The number of hydrogen-bond acceptors (Lipinski definition) is 5. The Bertz CT molecular complexity index is 1440. The van der Waals surface area contributed by atoms with E-state index in [0.717, 1.165) is 40.4 Å². The van der Waals surface area contributed by atoms with Crippen molar-refractivity contribution in [2.75, 3.05) is 6.54 Å². The van der Waals surface area contributed by atoms with Crippen LogP contribution in [0.25, 0.3) is 32.0 Å². The van der Waals surface area contributed by atoms with Gasteiger partial charge >= 0.3 is 0 Å². The first-order valence-corrected chi connectivity index (χ1v) is 13.8. The molecule has 1 saturated heterocycles. The van der Waals surface area contributed by atoms with Crippen molar-refractivity contribution in [2.45, 2.75) is 25.3 Å². The fourth-order valence-corrected chi connectivity index (χ4v) is 6.48. The summed E-state index contributed by atoms with van der Waals surface area (Å²) in [6, 6.07) is 27.4. The molecule has 3 heterocycles. The average Bonchev–Trinajstić information content (AvgIpc) is 3.71. The lowest BCUT2D eigenvalue weighted by Gasteiger charge is -2.23. The van der Waals surface area contributed by atoms with Gasteiger partial charge in [-0.05, 0) is 40.7 Å². The summed E-state index contributed by atoms with van der Waals surface area (Å²) in [6.07, 6.45) is 6.31. The summed E-state index contributed by atoms with van der Waals surface area (Å²) < 4.78 is 0. The minimum Gasteiger partial charge on any atom is -0.333 e. The van der Waals surface area contributed by atoms with E-state index in [1.165, 1.54) is 21.6 Å². The summed E-state index contributed by atoms with van der Waals surface area (Å²) >= 11 is 3.36. The molecule has 6 rings (SSSR count). The normalized spacial score (nSPS) is 15.3. The van der Waals surface area contributed by atoms with Gasteiger partial charge in [-0.15, -0.1) is 22.7 Å². The molecule has 1 amide bonds. The van der Waals surface area contributed by atoms with Gasteiger partial charge in [-0.3, -0.25) is 9.78 Å². The lowest BCUT2D eigenvalue weighted by molar-refractivity contribution is -0.131. The molecule has 1 aliphatic rings. The van der Waals surface area contributed by atoms with Crippen molar-refractivity contribution in [2.24, 2.45) is 0 Å². The van der Waals surface area contributed by atoms with Crippen molar-refractivity contribution in [1.29, 1.82) is 0 Å². The van der Waals surface area contributed by atoms with Gasteiger partial charge in [0.2, 0.25) is 5.91 Å². The fourth-order valence-electron chi connectivity index (χ4n) is 4.78. The second-order valence-corrected chi connectivity index (χ2v) is 10.9. The van der Waals surface area contributed by atoms with Gasteiger partial charge in [-0.1, -0.05) is 78.9 Å². The Morgan fingerprint density at radius 3 is 2.17 bits per heavy atom. The fraction of sp³-hybridized carbons (Fsp3) is 0.167. The molecule has 1 atom stereocenters. The lowest BCUT2D eigenvalue weighted by atomic mass is 10.0. The van der Waals surface area contributed by atoms with E-state index in [-0.39, 0.29) is 11.9 Å². The van der Waals surface area contributed by atoms with Crippen LogP contribution in [0.15, 0.2) is 96.8 Å². The average molecular weight is 508 g/mol. The van der Waals surface area contributed by atoms with Crippen molar-refractivity contribution in [3.8, 4) is 32.0 Å². The van der Waals surface area contributed by atoms with Crippen LogP contribution in [0.5, 0.6) is 0 Å². The first-order chi connectivity index (χ1) is 17.7. The topological polar surface area (TPSA) is 46.1 Å². The third kappa shape index (κ3) is 4.74. The number of likely N-dealkylation sites (tertiary alicyclic amines) is 1. The van der Waals surface area contributed by atoms with E-state index >= 15 is 0 Å². The maximum atomic E-state index is 13.0. The smallest absolute Gasteiger partial charge is 0.227 e. The SMILES string of the molecule is O=C(Cc1ccccc1)N1CCCC1c1ncc(-c2ccc(-c3ccc(-c4cncs4)cc3)cc2)s1. The number of aromatic nitrogens is 2. The van der Waals surface area contributed by atoms with Gasteiger partial charge in [-0.2, -0.15) is 0 Å². The highest BCUT2D eigenvalue weighted by molar-refractivity contribution is 7.15. The maximum absolute atomic E-state index is 13.0. The number of thiazole rings is 2. The summed E-state index contributed by atoms with van der Waals surface area (Å²) in [5.74, 6) is 0.186. The summed E-state index contributed by atoms with van der Waals surface area (Å²) in [6.45, 7) is 0.807. The molecule has 36 heavy (non-hydrogen) atoms. The Labute approximate surface area is 218 Å². The number of nitrogens with zero attached hydrogens (tertiary/aromatic N) is 3. The van der Waals surface area contributed by atoms with Gasteiger partial charge in [0.1, 0.15) is 5.01 Å². The zero-order valence-electron chi connectivity index (χ0n) is 19.7. The zero-order chi connectivity index (χ0) is 24.3. The Balaban J connectivity index is 1.16. The van der Waals surface area contributed by atoms with E-state index in [0.29, 0.717) is 6.42 Å². The molecule has 0 saturated carbocycles. The first-order valence-electron chi connectivity index (χ1n) is 12.1. The first kappa shape index (κ1) is 22.8. The molecule has 5 aromatic rings. The predicted molar refractivity (Wildman–Crippen MR) is 148 cm³/mol. The van der Waals surface area contributed by atoms with E-state index in [1.54, 1.807) is 22.7 Å². The van der Waals surface area contributed by atoms with Gasteiger partial charge in [0.15, 0.2) is 0 Å². The third-order valence-corrected chi connectivity index (χ3v) is 8.65. The molecular formula is C30H25N3OS2. The summed E-state index contributed by atoms with van der Waals surface area (Å²) in [4.78, 5) is 26.3. The zero-order valence-corrected chi connectivity index (χ0v) is 21.3. The van der Waals surface area contributed by atoms with E-state index in [2.05, 4.69) is 53.5 Å². The van der Waals surface area contributed by atoms with Crippen molar-refractivity contribution in [3.05, 3.63) is 107 Å².